The molecule has 2 rings (SSSR count). The largest absolute Gasteiger partial charge is 0.423 e. The lowest BCUT2D eigenvalue weighted by atomic mass is 10.1. The van der Waals surface area contributed by atoms with Gasteiger partial charge in [-0.2, -0.15) is 0 Å². The molecule has 0 aliphatic heterocycles. The third-order valence-corrected chi connectivity index (χ3v) is 3.94. The van der Waals surface area contributed by atoms with E-state index in [0.717, 1.165) is 42.9 Å². The summed E-state index contributed by atoms with van der Waals surface area (Å²) in [6.45, 7) is 12.0. The van der Waals surface area contributed by atoms with E-state index in [2.05, 4.69) is 49.6 Å². The van der Waals surface area contributed by atoms with Gasteiger partial charge in [-0.3, -0.25) is 0 Å². The van der Waals surface area contributed by atoms with Gasteiger partial charge >= 0.3 is 5.63 Å². The van der Waals surface area contributed by atoms with Crippen molar-refractivity contribution in [1.29, 1.82) is 0 Å². The summed E-state index contributed by atoms with van der Waals surface area (Å²) in [5.41, 5.74) is 2.42. The highest BCUT2D eigenvalue weighted by molar-refractivity contribution is 5.92. The number of fused-ring (bicyclic) bond motifs is 1. The molecule has 21 heavy (non-hydrogen) atoms. The van der Waals surface area contributed by atoms with Gasteiger partial charge in [-0.1, -0.05) is 0 Å². The van der Waals surface area contributed by atoms with Crippen LogP contribution in [0.5, 0.6) is 0 Å². The third kappa shape index (κ3) is 3.04. The Morgan fingerprint density at radius 3 is 2.10 bits per heavy atom. The van der Waals surface area contributed by atoms with Gasteiger partial charge in [0.25, 0.3) is 0 Å². The molecule has 1 heterocycles. The first-order chi connectivity index (χ1) is 10.1. The normalized spacial score (nSPS) is 10.9. The fourth-order valence-corrected chi connectivity index (χ4v) is 2.75. The first kappa shape index (κ1) is 15.4. The molecule has 0 radical (unpaired) electrons. The number of benzene rings is 1. The van der Waals surface area contributed by atoms with Crippen molar-refractivity contribution >= 4 is 22.3 Å². The van der Waals surface area contributed by atoms with Gasteiger partial charge in [-0.05, 0) is 39.8 Å². The predicted octanol–water partition coefficient (Wildman–Crippen LogP) is 3.49. The van der Waals surface area contributed by atoms with Gasteiger partial charge in [-0.25, -0.2) is 4.79 Å². The van der Waals surface area contributed by atoms with E-state index in [1.165, 1.54) is 0 Å². The Hall–Kier alpha value is -1.97. The fourth-order valence-electron chi connectivity index (χ4n) is 2.75. The molecule has 0 spiro atoms. The average Bonchev–Trinajstić information content (AvgIpc) is 2.49. The molecule has 0 unspecified atom stereocenters. The van der Waals surface area contributed by atoms with E-state index in [1.807, 2.05) is 6.07 Å². The minimum atomic E-state index is -0.291. The minimum Gasteiger partial charge on any atom is -0.423 e. The van der Waals surface area contributed by atoms with E-state index in [-0.39, 0.29) is 5.63 Å². The number of rotatable bonds is 6. The minimum absolute atomic E-state index is 0.291. The van der Waals surface area contributed by atoms with Crippen LogP contribution in [0.3, 0.4) is 0 Å². The number of nitrogens with zero attached hydrogens (tertiary/aromatic N) is 2. The fraction of sp³-hybridized carbons (Fsp3) is 0.471. The zero-order valence-corrected chi connectivity index (χ0v) is 13.3. The summed E-state index contributed by atoms with van der Waals surface area (Å²) in [5, 5.41) is 0.995. The van der Waals surface area contributed by atoms with Gasteiger partial charge in [0.05, 0.1) is 5.69 Å². The van der Waals surface area contributed by atoms with Gasteiger partial charge in [0.1, 0.15) is 5.58 Å². The van der Waals surface area contributed by atoms with Crippen molar-refractivity contribution in [1.82, 2.24) is 0 Å². The average molecular weight is 288 g/mol. The summed E-state index contributed by atoms with van der Waals surface area (Å²) in [7, 11) is 0. The van der Waals surface area contributed by atoms with Gasteiger partial charge in [0.15, 0.2) is 0 Å². The van der Waals surface area contributed by atoms with Gasteiger partial charge in [0, 0.05) is 49.4 Å². The highest BCUT2D eigenvalue weighted by Gasteiger charge is 2.12. The second kappa shape index (κ2) is 6.66. The van der Waals surface area contributed by atoms with Crippen molar-refractivity contribution < 1.29 is 4.42 Å². The molecule has 2 aromatic rings. The second-order valence-corrected chi connectivity index (χ2v) is 4.98. The smallest absolute Gasteiger partial charge is 0.338 e. The van der Waals surface area contributed by atoms with E-state index in [1.54, 1.807) is 6.07 Å². The summed E-state index contributed by atoms with van der Waals surface area (Å²) in [5.74, 6) is 0. The topological polar surface area (TPSA) is 36.7 Å². The molecule has 0 fully saturated rings. The summed E-state index contributed by atoms with van der Waals surface area (Å²) >= 11 is 0. The van der Waals surface area contributed by atoms with Crippen molar-refractivity contribution in [3.8, 4) is 0 Å². The maximum Gasteiger partial charge on any atom is 0.338 e. The van der Waals surface area contributed by atoms with Crippen molar-refractivity contribution in [3.05, 3.63) is 34.7 Å². The summed E-state index contributed by atoms with van der Waals surface area (Å²) in [6, 6.07) is 7.71. The van der Waals surface area contributed by atoms with E-state index in [0.29, 0.717) is 5.58 Å². The molecule has 0 amide bonds. The lowest BCUT2D eigenvalue weighted by molar-refractivity contribution is 0.560. The molecule has 1 aromatic heterocycles. The van der Waals surface area contributed by atoms with Crippen LogP contribution in [-0.4, -0.2) is 26.2 Å². The highest BCUT2D eigenvalue weighted by atomic mass is 16.4. The van der Waals surface area contributed by atoms with Gasteiger partial charge in [-0.15, -0.1) is 0 Å². The molecule has 0 saturated heterocycles. The van der Waals surface area contributed by atoms with Crippen LogP contribution in [0.2, 0.25) is 0 Å². The molecule has 0 bridgehead atoms. The standard InChI is InChI=1S/C17H24N2O2/c1-5-18(6-2)13-9-10-14-15(19(7-3)8-4)12-17(20)21-16(14)11-13/h9-12H,5-8H2,1-4H3. The molecule has 0 aliphatic carbocycles. The zero-order valence-electron chi connectivity index (χ0n) is 13.3. The molecular formula is C17H24N2O2. The molecular weight excluding hydrogens is 264 g/mol. The third-order valence-electron chi connectivity index (χ3n) is 3.94. The molecule has 1 aromatic carbocycles. The highest BCUT2D eigenvalue weighted by Crippen LogP contribution is 2.28. The van der Waals surface area contributed by atoms with Gasteiger partial charge in [0.2, 0.25) is 0 Å². The Morgan fingerprint density at radius 2 is 1.52 bits per heavy atom. The van der Waals surface area contributed by atoms with Crippen molar-refractivity contribution in [3.63, 3.8) is 0 Å². The zero-order chi connectivity index (χ0) is 15.4. The monoisotopic (exact) mass is 288 g/mol. The van der Waals surface area contributed by atoms with E-state index in [4.69, 9.17) is 4.42 Å². The predicted molar refractivity (Wildman–Crippen MR) is 89.6 cm³/mol. The molecule has 0 N–H and O–H groups in total. The Kier molecular flexibility index (Phi) is 4.89. The summed E-state index contributed by atoms with van der Waals surface area (Å²) in [4.78, 5) is 16.3. The van der Waals surface area contributed by atoms with Crippen LogP contribution >= 0.6 is 0 Å². The van der Waals surface area contributed by atoms with Crippen LogP contribution in [0.4, 0.5) is 11.4 Å². The Labute approximate surface area is 126 Å². The number of hydrogen-bond acceptors (Lipinski definition) is 4. The summed E-state index contributed by atoms with van der Waals surface area (Å²) in [6.07, 6.45) is 0. The molecule has 114 valence electrons. The van der Waals surface area contributed by atoms with E-state index < -0.39 is 0 Å². The lowest BCUT2D eigenvalue weighted by Gasteiger charge is -2.24. The second-order valence-electron chi connectivity index (χ2n) is 4.98. The maximum atomic E-state index is 11.9. The van der Waals surface area contributed by atoms with Crippen LogP contribution in [0.15, 0.2) is 33.5 Å². The SMILES string of the molecule is CCN(CC)c1ccc2c(N(CC)CC)cc(=O)oc2c1. The quantitative estimate of drug-likeness (QED) is 0.763. The number of hydrogen-bond donors (Lipinski definition) is 0. The Morgan fingerprint density at radius 1 is 0.905 bits per heavy atom. The van der Waals surface area contributed by atoms with Crippen LogP contribution in [0.25, 0.3) is 11.0 Å². The number of anilines is 2. The molecule has 0 saturated carbocycles. The van der Waals surface area contributed by atoms with E-state index >= 15 is 0 Å². The lowest BCUT2D eigenvalue weighted by Crippen LogP contribution is -2.24. The van der Waals surface area contributed by atoms with Crippen LogP contribution in [0, 0.1) is 0 Å². The first-order valence-corrected chi connectivity index (χ1v) is 7.72. The Bertz CT molecular complexity index is 655. The maximum absolute atomic E-state index is 11.9. The van der Waals surface area contributed by atoms with Gasteiger partial charge < -0.3 is 14.2 Å². The van der Waals surface area contributed by atoms with Crippen molar-refractivity contribution in [2.24, 2.45) is 0 Å². The van der Waals surface area contributed by atoms with Crippen molar-refractivity contribution in [2.75, 3.05) is 36.0 Å². The Balaban J connectivity index is 2.61. The van der Waals surface area contributed by atoms with E-state index in [9.17, 15) is 4.79 Å². The molecule has 0 atom stereocenters. The molecule has 4 nitrogen and oxygen atoms in total. The molecule has 0 aliphatic rings. The van der Waals surface area contributed by atoms with Crippen molar-refractivity contribution in [2.45, 2.75) is 27.7 Å². The summed E-state index contributed by atoms with van der Waals surface area (Å²) < 4.78 is 5.41. The van der Waals surface area contributed by atoms with Crippen LogP contribution in [-0.2, 0) is 0 Å². The van der Waals surface area contributed by atoms with Crippen LogP contribution in [0.1, 0.15) is 27.7 Å². The molecule has 4 heteroatoms. The van der Waals surface area contributed by atoms with Crippen LogP contribution < -0.4 is 15.4 Å². The first-order valence-electron chi connectivity index (χ1n) is 7.72.